The summed E-state index contributed by atoms with van der Waals surface area (Å²) >= 11 is 7.65. The highest BCUT2D eigenvalue weighted by molar-refractivity contribution is 9.11. The molecule has 0 unspecified atom stereocenters. The third kappa shape index (κ3) is 17.7. The van der Waals surface area contributed by atoms with Crippen LogP contribution in [-0.4, -0.2) is 193 Å². The largest absolute Gasteiger partial charge is 0.379 e. The van der Waals surface area contributed by atoms with Gasteiger partial charge in [0.2, 0.25) is 17.5 Å². The van der Waals surface area contributed by atoms with E-state index in [-0.39, 0.29) is 23.9 Å². The normalized spacial score (nSPS) is 21.9. The Hall–Kier alpha value is -3.75. The predicted molar refractivity (Wildman–Crippen MR) is 410 cm³/mol. The second-order valence-corrected chi connectivity index (χ2v) is 58.8. The van der Waals surface area contributed by atoms with E-state index in [9.17, 15) is 9.59 Å². The molecule has 6 aliphatic rings. The molecule has 4 fully saturated rings. The first kappa shape index (κ1) is 75.4. The second kappa shape index (κ2) is 30.1. The number of imidazole rings is 2. The smallest absolute Gasteiger partial charge is 0.276 e. The van der Waals surface area contributed by atoms with Crippen LogP contribution < -0.4 is 14.5 Å². The Balaban J connectivity index is 0.000000198. The van der Waals surface area contributed by atoms with Crippen LogP contribution in [-0.2, 0) is 90.6 Å². The lowest BCUT2D eigenvalue weighted by Gasteiger charge is -2.33. The van der Waals surface area contributed by atoms with Crippen LogP contribution in [0, 0.1) is 22.7 Å². The summed E-state index contributed by atoms with van der Waals surface area (Å²) < 4.78 is 46.9. The molecule has 0 radical (unpaired) electrons. The average Bonchev–Trinajstić information content (AvgIpc) is 1.56. The molecule has 2 aromatic carbocycles. The van der Waals surface area contributed by atoms with Gasteiger partial charge in [-0.1, -0.05) is 97.1 Å². The number of nitrogens with zero attached hydrogens (tertiary/aromatic N) is 11. The first-order valence-corrected chi connectivity index (χ1v) is 52.6. The van der Waals surface area contributed by atoms with Gasteiger partial charge in [-0.25, -0.2) is 14.6 Å². The summed E-state index contributed by atoms with van der Waals surface area (Å²) in [7, 11) is -1.18. The summed E-state index contributed by atoms with van der Waals surface area (Å²) in [4.78, 5) is 46.0. The van der Waals surface area contributed by atoms with Crippen molar-refractivity contribution in [2.45, 2.75) is 208 Å². The lowest BCUT2D eigenvalue weighted by molar-refractivity contribution is -0.787. The van der Waals surface area contributed by atoms with E-state index in [1.807, 2.05) is 34.0 Å². The summed E-state index contributed by atoms with van der Waals surface area (Å²) in [6.07, 6.45) is 6.67. The number of hydrogen-bond donors (Lipinski definition) is 1. The Morgan fingerprint density at radius 1 is 0.612 bits per heavy atom. The van der Waals surface area contributed by atoms with E-state index in [1.165, 1.54) is 35.4 Å². The van der Waals surface area contributed by atoms with Gasteiger partial charge in [0.25, 0.3) is 6.73 Å². The van der Waals surface area contributed by atoms with E-state index in [2.05, 4.69) is 176 Å². The quantitative estimate of drug-likeness (QED) is 0.0279. The second-order valence-electron chi connectivity index (χ2n) is 34.6. The zero-order valence-corrected chi connectivity index (χ0v) is 69.6. The molecule has 0 spiro atoms. The van der Waals surface area contributed by atoms with Gasteiger partial charge < -0.3 is 38.2 Å². The standard InChI is InChI=1S/2C36H57BrN6O4Si2/c1-25(41-10-12-45-13-11-41)35(44)40(3)30-20-29-31(19-28(30)37)42(23-46-14-16-48(4,5)6)34(38-29)33-27-18-26-21-36(26,2)22-32(27)43(39-33)24-47-15-17-49(7,8)9;1-25(41-10-12-45-13-11-41)35(44)40(3)30-20-31-29(19-28(30)37)38-34(42(31)23-46-14-16-48(4,5)6)33-27-18-26-21-36(26,2)22-32(27)43(39-33)24-47-15-17-49(7,8)9/h2*19-20,25-26H,10-18,21-24H2,1-9H3/p+1/t2*25-,26+,36+/m00/s1. The van der Waals surface area contributed by atoms with Gasteiger partial charge in [-0.2, -0.15) is 10.2 Å². The number of morpholine rings is 2. The van der Waals surface area contributed by atoms with Crippen LogP contribution in [0.5, 0.6) is 0 Å². The SMILES string of the molecule is C[C@@H](C(=O)N(C)c1cc2c(cc1Br)nc(-c1[nH][n+](COCC[Si](C)(C)C)c3c1C[C@@H]1C[C@]1(C)C3)n2COCC[Si](C)(C)C)N1CCOCC1.C[C@@H](C(=O)N(C)c1cc2nc(-c3nn(COCC[Si](C)(C)C)c4c3C[C@@H]3C[C@]3(C)C4)n(COCC[Si](C)(C)C)c2cc1Br)N1CCOCC1. The molecule has 540 valence electrons. The first-order valence-electron chi connectivity index (χ1n) is 36.2. The number of benzene rings is 2. The van der Waals surface area contributed by atoms with Crippen LogP contribution in [0.3, 0.4) is 0 Å². The van der Waals surface area contributed by atoms with Crippen molar-refractivity contribution in [1.29, 1.82) is 0 Å². The number of fused-ring (bicyclic) bond motifs is 6. The fraction of sp³-hybridized carbons (Fsp3) is 0.694. The molecule has 6 heterocycles. The number of likely N-dealkylation sites (N-methyl/N-ethyl adjacent to an activating group) is 2. The van der Waals surface area contributed by atoms with Gasteiger partial charge in [-0.3, -0.25) is 28.5 Å². The Labute approximate surface area is 604 Å². The average molecular weight is 1550 g/mol. The van der Waals surface area contributed by atoms with Crippen molar-refractivity contribution in [2.24, 2.45) is 22.7 Å². The molecule has 6 atom stereocenters. The minimum atomic E-state index is -1.27. The van der Waals surface area contributed by atoms with E-state index in [4.69, 9.17) is 43.5 Å². The molecule has 2 saturated heterocycles. The molecule has 2 aliphatic heterocycles. The number of carbonyl (C=O) groups is 2. The minimum Gasteiger partial charge on any atom is -0.379 e. The molecule has 2 saturated carbocycles. The molecular weight excluding hydrogens is 1430 g/mol. The number of H-pyrrole nitrogens is 1. The van der Waals surface area contributed by atoms with E-state index in [0.29, 0.717) is 89.2 Å². The van der Waals surface area contributed by atoms with Crippen LogP contribution in [0.15, 0.2) is 33.2 Å². The number of rotatable bonds is 28. The number of hydrogen-bond acceptors (Lipinski definition) is 13. The van der Waals surface area contributed by atoms with Gasteiger partial charge in [0.15, 0.2) is 11.6 Å². The van der Waals surface area contributed by atoms with Gasteiger partial charge in [-0.15, -0.1) is 0 Å². The molecule has 6 aromatic rings. The van der Waals surface area contributed by atoms with Crippen molar-refractivity contribution in [3.63, 3.8) is 0 Å². The molecule has 2 amide bonds. The Morgan fingerprint density at radius 2 is 1.05 bits per heavy atom. The van der Waals surface area contributed by atoms with E-state index >= 15 is 0 Å². The topological polar surface area (TPSA) is 176 Å². The number of aromatic nitrogens is 8. The number of amides is 2. The summed E-state index contributed by atoms with van der Waals surface area (Å²) in [6.45, 7) is 47.8. The third-order valence-electron chi connectivity index (χ3n) is 21.7. The molecule has 4 aliphatic carbocycles. The number of ether oxygens (including phenoxy) is 6. The van der Waals surface area contributed by atoms with Crippen LogP contribution >= 0.6 is 31.9 Å². The maximum absolute atomic E-state index is 13.8. The Kier molecular flexibility index (Phi) is 23.2. The van der Waals surface area contributed by atoms with Crippen LogP contribution in [0.2, 0.25) is 103 Å². The molecule has 20 nitrogen and oxygen atoms in total. The van der Waals surface area contributed by atoms with Crippen LogP contribution in [0.4, 0.5) is 11.4 Å². The molecule has 0 bridgehead atoms. The summed E-state index contributed by atoms with van der Waals surface area (Å²) in [5.74, 6) is 3.19. The Morgan fingerprint density at radius 3 is 1.58 bits per heavy atom. The molecular formula is C72H115Br2N12O8Si4+. The number of halogens is 2. The van der Waals surface area contributed by atoms with Crippen molar-refractivity contribution in [2.75, 3.05) is 103 Å². The minimum absolute atomic E-state index is 0.0470. The highest BCUT2D eigenvalue weighted by atomic mass is 79.9. The molecule has 1 N–H and O–H groups in total. The van der Waals surface area contributed by atoms with Gasteiger partial charge in [0.05, 0.1) is 84.1 Å². The zero-order valence-electron chi connectivity index (χ0n) is 62.4. The maximum atomic E-state index is 13.8. The van der Waals surface area contributed by atoms with Gasteiger partial charge >= 0.3 is 0 Å². The van der Waals surface area contributed by atoms with E-state index in [1.54, 1.807) is 9.80 Å². The number of anilines is 2. The molecule has 98 heavy (non-hydrogen) atoms. The van der Waals surface area contributed by atoms with Crippen molar-refractivity contribution in [3.05, 3.63) is 55.7 Å². The highest BCUT2D eigenvalue weighted by Gasteiger charge is 2.57. The fourth-order valence-corrected chi connectivity index (χ4v) is 18.7. The monoisotopic (exact) mass is 1550 g/mol. The first-order chi connectivity index (χ1) is 46.1. The van der Waals surface area contributed by atoms with Crippen molar-refractivity contribution in [3.8, 4) is 23.0 Å². The Bertz CT molecular complexity index is 3740. The van der Waals surface area contributed by atoms with Crippen molar-refractivity contribution in [1.82, 2.24) is 43.8 Å². The molecule has 26 heteroatoms. The van der Waals surface area contributed by atoms with Gasteiger partial charge in [-0.05, 0) is 149 Å². The van der Waals surface area contributed by atoms with Gasteiger partial charge in [0.1, 0.15) is 31.6 Å². The predicted octanol–water partition coefficient (Wildman–Crippen LogP) is 13.6. The van der Waals surface area contributed by atoms with Crippen LogP contribution in [0.1, 0.15) is 63.1 Å². The molecule has 4 aromatic heterocycles. The van der Waals surface area contributed by atoms with E-state index < -0.39 is 32.3 Å². The molecule has 12 rings (SSSR count). The zero-order chi connectivity index (χ0) is 70.6. The number of carbonyl (C=O) groups excluding carboxylic acids is 2. The maximum Gasteiger partial charge on any atom is 0.276 e. The van der Waals surface area contributed by atoms with E-state index in [0.717, 1.165) is 155 Å². The van der Waals surface area contributed by atoms with Crippen LogP contribution in [0.25, 0.3) is 45.1 Å². The summed E-state index contributed by atoms with van der Waals surface area (Å²) in [6, 6.07) is 12.2. The number of nitrogens with one attached hydrogen (secondary N) is 1. The lowest BCUT2D eigenvalue weighted by Crippen LogP contribution is -2.50. The van der Waals surface area contributed by atoms with Gasteiger partial charge in [0, 0.05) is 119 Å². The van der Waals surface area contributed by atoms with Crippen molar-refractivity contribution >= 4 is 109 Å². The lowest BCUT2D eigenvalue weighted by atomic mass is 9.87. The summed E-state index contributed by atoms with van der Waals surface area (Å²) in [5.41, 5.74) is 13.3. The highest BCUT2D eigenvalue weighted by Crippen LogP contribution is 2.61. The summed E-state index contributed by atoms with van der Waals surface area (Å²) in [5, 5.41) is 9.05. The fourth-order valence-electron chi connectivity index (χ4n) is 14.5. The van der Waals surface area contributed by atoms with Crippen molar-refractivity contribution < 1.29 is 42.7 Å². The third-order valence-corrected chi connectivity index (χ3v) is 29.8. The number of aromatic amines is 1.